The number of pyridine rings is 2. The van der Waals surface area contributed by atoms with Gasteiger partial charge in [0, 0.05) is 40.2 Å². The van der Waals surface area contributed by atoms with Crippen molar-refractivity contribution in [2.45, 2.75) is 0 Å². The minimum atomic E-state index is 0.385. The van der Waals surface area contributed by atoms with Crippen LogP contribution in [0.1, 0.15) is 17.0 Å². The van der Waals surface area contributed by atoms with E-state index in [-0.39, 0.29) is 0 Å². The number of fused-ring (bicyclic) bond motifs is 1. The summed E-state index contributed by atoms with van der Waals surface area (Å²) in [5, 5.41) is 12.3. The maximum absolute atomic E-state index is 8.83. The number of allylic oxidation sites excluding steroid dienone is 1. The Hall–Kier alpha value is -6.86. The lowest BCUT2D eigenvalue weighted by Gasteiger charge is -2.21. The maximum atomic E-state index is 8.83. The highest BCUT2D eigenvalue weighted by Gasteiger charge is 2.21. The van der Waals surface area contributed by atoms with Crippen molar-refractivity contribution in [3.8, 4) is 45.0 Å². The van der Waals surface area contributed by atoms with E-state index in [1.165, 1.54) is 0 Å². The highest BCUT2D eigenvalue weighted by Crippen LogP contribution is 2.32. The Labute approximate surface area is 284 Å². The number of rotatable bonds is 7. The lowest BCUT2D eigenvalue weighted by molar-refractivity contribution is 1.09. The smallest absolute Gasteiger partial charge is 0.196 e. The van der Waals surface area contributed by atoms with Crippen LogP contribution in [0.3, 0.4) is 0 Å². The van der Waals surface area contributed by atoms with Crippen molar-refractivity contribution in [3.05, 3.63) is 181 Å². The normalized spacial score (nSPS) is 12.9. The molecule has 3 aromatic heterocycles. The molecular formula is C42H29N7. The van der Waals surface area contributed by atoms with Crippen LogP contribution in [-0.4, -0.2) is 31.5 Å². The van der Waals surface area contributed by atoms with Gasteiger partial charge in [-0.15, -0.1) is 0 Å². The van der Waals surface area contributed by atoms with E-state index in [1.807, 2.05) is 103 Å². The van der Waals surface area contributed by atoms with Gasteiger partial charge in [0.1, 0.15) is 0 Å². The molecule has 2 N–H and O–H groups in total. The molecule has 0 aliphatic carbocycles. The number of nitrogens with zero attached hydrogens (tertiary/aromatic N) is 5. The molecule has 0 saturated heterocycles. The maximum Gasteiger partial charge on any atom is 0.196 e. The van der Waals surface area contributed by atoms with E-state index in [1.54, 1.807) is 12.4 Å². The van der Waals surface area contributed by atoms with E-state index in [2.05, 4.69) is 63.8 Å². The number of hydrogen-bond donors (Lipinski definition) is 2. The van der Waals surface area contributed by atoms with Gasteiger partial charge < -0.3 is 10.7 Å². The highest BCUT2D eigenvalue weighted by atomic mass is 15.1. The van der Waals surface area contributed by atoms with Crippen LogP contribution < -0.4 is 5.32 Å². The second kappa shape index (κ2) is 13.1. The zero-order valence-electron chi connectivity index (χ0n) is 26.3. The second-order valence-electron chi connectivity index (χ2n) is 11.5. The molecule has 1 aliphatic heterocycles. The van der Waals surface area contributed by atoms with Gasteiger partial charge in [-0.2, -0.15) is 0 Å². The van der Waals surface area contributed by atoms with Gasteiger partial charge >= 0.3 is 0 Å². The number of para-hydroxylation sites is 1. The molecule has 49 heavy (non-hydrogen) atoms. The summed E-state index contributed by atoms with van der Waals surface area (Å²) in [5.74, 6) is 0.950. The standard InChI is InChI=1S/C42H29N7/c43-34(28-10-2-1-3-11-28)26-40-33-12-4-5-15-37(33)46-41(49-40)42-47-38(31-20-16-29(17-21-31)35-13-6-8-24-44-35)27-39(48-42)32-22-18-30(19-23-32)36-14-7-9-25-45-36/h1-27,43H,(H,46,49)/b40-26-,43-34?. The van der Waals surface area contributed by atoms with Gasteiger partial charge in [-0.3, -0.25) is 9.97 Å². The van der Waals surface area contributed by atoms with Gasteiger partial charge in [-0.1, -0.05) is 109 Å². The third-order valence-electron chi connectivity index (χ3n) is 8.27. The predicted octanol–water partition coefficient (Wildman–Crippen LogP) is 9.03. The number of amidine groups is 1. The topological polar surface area (TPSA) is 99.8 Å². The molecule has 0 radical (unpaired) electrons. The number of aromatic nitrogens is 4. The summed E-state index contributed by atoms with van der Waals surface area (Å²) in [7, 11) is 0. The predicted molar refractivity (Wildman–Crippen MR) is 196 cm³/mol. The first-order valence-electron chi connectivity index (χ1n) is 15.9. The van der Waals surface area contributed by atoms with Gasteiger partial charge in [0.2, 0.25) is 0 Å². The summed E-state index contributed by atoms with van der Waals surface area (Å²) in [5.41, 5.74) is 10.9. The zero-order chi connectivity index (χ0) is 33.0. The number of nitrogens with one attached hydrogen (secondary N) is 2. The molecule has 232 valence electrons. The Morgan fingerprint density at radius 1 is 0.531 bits per heavy atom. The molecule has 1 aliphatic rings. The molecule has 0 fully saturated rings. The zero-order valence-corrected chi connectivity index (χ0v) is 26.3. The SMILES string of the molecule is N=C(/C=C1\NC(c2nc(-c3ccc(-c4ccccn4)cc3)cc(-c3ccc(-c4ccccn4)cc3)n2)=Nc2ccccc21)c1ccccc1. The Morgan fingerprint density at radius 3 is 1.59 bits per heavy atom. The fourth-order valence-electron chi connectivity index (χ4n) is 5.75. The molecule has 0 bridgehead atoms. The molecule has 0 spiro atoms. The molecule has 0 amide bonds. The largest absolute Gasteiger partial charge is 0.336 e. The minimum Gasteiger partial charge on any atom is -0.336 e. The summed E-state index contributed by atoms with van der Waals surface area (Å²) in [4.78, 5) is 24.1. The van der Waals surface area contributed by atoms with Crippen molar-refractivity contribution in [2.75, 3.05) is 0 Å². The van der Waals surface area contributed by atoms with Crippen LogP contribution in [-0.2, 0) is 0 Å². The molecule has 4 heterocycles. The summed E-state index contributed by atoms with van der Waals surface area (Å²) in [6, 6.07) is 47.8. The fraction of sp³-hybridized carbons (Fsp3) is 0. The van der Waals surface area contributed by atoms with Crippen molar-refractivity contribution in [1.82, 2.24) is 25.3 Å². The summed E-state index contributed by atoms with van der Waals surface area (Å²) in [6.07, 6.45) is 5.43. The van der Waals surface area contributed by atoms with E-state index in [9.17, 15) is 0 Å². The van der Waals surface area contributed by atoms with E-state index < -0.39 is 0 Å². The third-order valence-corrected chi connectivity index (χ3v) is 8.27. The number of aliphatic imine (C=N–C) groups is 1. The molecule has 0 atom stereocenters. The first-order valence-corrected chi connectivity index (χ1v) is 15.9. The van der Waals surface area contributed by atoms with Crippen molar-refractivity contribution < 1.29 is 0 Å². The van der Waals surface area contributed by atoms with E-state index in [0.29, 0.717) is 17.4 Å². The number of benzene rings is 4. The minimum absolute atomic E-state index is 0.385. The Kier molecular flexibility index (Phi) is 7.89. The average molecular weight is 632 g/mol. The molecular weight excluding hydrogens is 603 g/mol. The molecule has 0 unspecified atom stereocenters. The summed E-state index contributed by atoms with van der Waals surface area (Å²) in [6.45, 7) is 0. The van der Waals surface area contributed by atoms with Gasteiger partial charge in [0.25, 0.3) is 0 Å². The van der Waals surface area contributed by atoms with Crippen LogP contribution in [0.2, 0.25) is 0 Å². The van der Waals surface area contributed by atoms with Crippen LogP contribution >= 0.6 is 0 Å². The van der Waals surface area contributed by atoms with Gasteiger partial charge in [0.15, 0.2) is 11.7 Å². The van der Waals surface area contributed by atoms with Gasteiger partial charge in [-0.25, -0.2) is 15.0 Å². The van der Waals surface area contributed by atoms with Crippen LogP contribution in [0.5, 0.6) is 0 Å². The quantitative estimate of drug-likeness (QED) is 0.171. The highest BCUT2D eigenvalue weighted by molar-refractivity contribution is 6.14. The monoisotopic (exact) mass is 631 g/mol. The van der Waals surface area contributed by atoms with Crippen molar-refractivity contribution in [3.63, 3.8) is 0 Å². The van der Waals surface area contributed by atoms with Crippen molar-refractivity contribution in [1.29, 1.82) is 5.41 Å². The molecule has 0 saturated carbocycles. The molecule has 4 aromatic carbocycles. The lowest BCUT2D eigenvalue weighted by atomic mass is 10.0. The third kappa shape index (κ3) is 6.28. The molecule has 8 rings (SSSR count). The first-order chi connectivity index (χ1) is 24.2. The second-order valence-corrected chi connectivity index (χ2v) is 11.5. The van der Waals surface area contributed by atoms with Crippen molar-refractivity contribution in [2.24, 2.45) is 4.99 Å². The molecule has 7 heteroatoms. The van der Waals surface area contributed by atoms with Gasteiger partial charge in [0.05, 0.1) is 39.9 Å². The van der Waals surface area contributed by atoms with E-state index in [4.69, 9.17) is 20.4 Å². The van der Waals surface area contributed by atoms with E-state index >= 15 is 0 Å². The van der Waals surface area contributed by atoms with Gasteiger partial charge in [-0.05, 0) is 48.0 Å². The number of hydrogen-bond acceptors (Lipinski definition) is 7. The Bertz CT molecular complexity index is 2230. The fourth-order valence-corrected chi connectivity index (χ4v) is 5.75. The van der Waals surface area contributed by atoms with Crippen LogP contribution in [0, 0.1) is 5.41 Å². The van der Waals surface area contributed by atoms with E-state index in [0.717, 1.165) is 67.5 Å². The Morgan fingerprint density at radius 2 is 1.04 bits per heavy atom. The first kappa shape index (κ1) is 29.5. The molecule has 7 aromatic rings. The average Bonchev–Trinajstić information content (AvgIpc) is 3.19. The summed E-state index contributed by atoms with van der Waals surface area (Å²) < 4.78 is 0. The van der Waals surface area contributed by atoms with Crippen LogP contribution in [0.4, 0.5) is 5.69 Å². The summed E-state index contributed by atoms with van der Waals surface area (Å²) >= 11 is 0. The lowest BCUT2D eigenvalue weighted by Crippen LogP contribution is -2.28. The van der Waals surface area contributed by atoms with Crippen molar-refractivity contribution >= 4 is 22.9 Å². The van der Waals surface area contributed by atoms with Crippen LogP contribution in [0.15, 0.2) is 169 Å². The molecule has 7 nitrogen and oxygen atoms in total. The Balaban J connectivity index is 1.22. The van der Waals surface area contributed by atoms with Crippen LogP contribution in [0.25, 0.3) is 50.7 Å².